The van der Waals surface area contributed by atoms with Gasteiger partial charge in [0.25, 0.3) is 0 Å². The molecule has 0 N–H and O–H groups in total. The minimum atomic E-state index is -3.70. The number of benzene rings is 2. The fourth-order valence-electron chi connectivity index (χ4n) is 3.06. The summed E-state index contributed by atoms with van der Waals surface area (Å²) >= 11 is 1.55. The van der Waals surface area contributed by atoms with E-state index in [9.17, 15) is 8.42 Å². The molecule has 0 atom stereocenters. The summed E-state index contributed by atoms with van der Waals surface area (Å²) in [4.78, 5) is 1.24. The van der Waals surface area contributed by atoms with Crippen molar-refractivity contribution in [1.82, 2.24) is 24.5 Å². The summed E-state index contributed by atoms with van der Waals surface area (Å²) in [6, 6.07) is 18.5. The molecule has 9 heteroatoms. The highest BCUT2D eigenvalue weighted by molar-refractivity contribution is 7.89. The van der Waals surface area contributed by atoms with Crippen LogP contribution >= 0.6 is 11.3 Å². The van der Waals surface area contributed by atoms with Crippen LogP contribution < -0.4 is 0 Å². The Hall–Kier alpha value is -2.88. The van der Waals surface area contributed by atoms with E-state index in [0.717, 1.165) is 21.7 Å². The van der Waals surface area contributed by atoms with Crippen molar-refractivity contribution in [3.8, 4) is 5.69 Å². The van der Waals surface area contributed by atoms with Crippen molar-refractivity contribution in [3.63, 3.8) is 0 Å². The second-order valence-corrected chi connectivity index (χ2v) is 9.51. The van der Waals surface area contributed by atoms with Gasteiger partial charge in [-0.1, -0.05) is 36.4 Å². The maximum absolute atomic E-state index is 13.5. The third-order valence-electron chi connectivity index (χ3n) is 4.52. The lowest BCUT2D eigenvalue weighted by Gasteiger charge is -2.22. The molecule has 0 fully saturated rings. The van der Waals surface area contributed by atoms with Gasteiger partial charge in [-0.15, -0.1) is 16.4 Å². The number of aromatic nitrogens is 4. The molecule has 0 bridgehead atoms. The summed E-state index contributed by atoms with van der Waals surface area (Å²) in [7, 11) is -3.70. The molecule has 2 heterocycles. The van der Waals surface area contributed by atoms with Gasteiger partial charge in [0.2, 0.25) is 10.0 Å². The molecular formula is C20H19N5O2S2. The number of sulfonamides is 1. The number of thiophene rings is 1. The van der Waals surface area contributed by atoms with Gasteiger partial charge in [0.15, 0.2) is 0 Å². The number of aryl methyl sites for hydroxylation is 1. The van der Waals surface area contributed by atoms with Gasteiger partial charge in [-0.2, -0.15) is 4.31 Å². The van der Waals surface area contributed by atoms with Gasteiger partial charge in [0.1, 0.15) is 6.33 Å². The Bertz CT molecular complexity index is 1180. The monoisotopic (exact) mass is 425 g/mol. The molecule has 0 radical (unpaired) electrons. The lowest BCUT2D eigenvalue weighted by molar-refractivity contribution is 0.404. The molecule has 0 spiro atoms. The molecule has 148 valence electrons. The van der Waals surface area contributed by atoms with Gasteiger partial charge in [-0.25, -0.2) is 13.1 Å². The third kappa shape index (κ3) is 4.26. The van der Waals surface area contributed by atoms with Crippen LogP contribution in [-0.2, 0) is 23.1 Å². The maximum atomic E-state index is 13.5. The molecular weight excluding hydrogens is 406 g/mol. The number of rotatable bonds is 7. The van der Waals surface area contributed by atoms with Crippen LogP contribution in [0.1, 0.15) is 16.0 Å². The Balaban J connectivity index is 1.69. The van der Waals surface area contributed by atoms with E-state index < -0.39 is 10.0 Å². The molecule has 0 unspecified atom stereocenters. The average molecular weight is 426 g/mol. The molecule has 7 nitrogen and oxygen atoms in total. The van der Waals surface area contributed by atoms with Crippen LogP contribution in [0.15, 0.2) is 77.3 Å². The van der Waals surface area contributed by atoms with Crippen molar-refractivity contribution in [3.05, 3.63) is 88.4 Å². The van der Waals surface area contributed by atoms with E-state index in [2.05, 4.69) is 15.5 Å². The second-order valence-electron chi connectivity index (χ2n) is 6.54. The van der Waals surface area contributed by atoms with E-state index in [1.165, 1.54) is 15.3 Å². The largest absolute Gasteiger partial charge is 0.243 e. The Morgan fingerprint density at radius 2 is 1.86 bits per heavy atom. The lowest BCUT2D eigenvalue weighted by atomic mass is 10.2. The van der Waals surface area contributed by atoms with Crippen LogP contribution in [0, 0.1) is 6.92 Å². The smallest absolute Gasteiger partial charge is 0.207 e. The first kappa shape index (κ1) is 19.4. The predicted molar refractivity (Wildman–Crippen MR) is 111 cm³/mol. The lowest BCUT2D eigenvalue weighted by Crippen LogP contribution is -2.30. The third-order valence-corrected chi connectivity index (χ3v) is 7.16. The van der Waals surface area contributed by atoms with E-state index in [-0.39, 0.29) is 4.90 Å². The molecule has 4 rings (SSSR count). The topological polar surface area (TPSA) is 81.0 Å². The Morgan fingerprint density at radius 3 is 2.52 bits per heavy atom. The second kappa shape index (κ2) is 8.24. The number of hydrogen-bond donors (Lipinski definition) is 0. The van der Waals surface area contributed by atoms with Crippen LogP contribution in [0.2, 0.25) is 0 Å². The van der Waals surface area contributed by atoms with Crippen molar-refractivity contribution < 1.29 is 8.42 Å². The van der Waals surface area contributed by atoms with Crippen molar-refractivity contribution in [2.24, 2.45) is 0 Å². The number of hydrogen-bond acceptors (Lipinski definition) is 6. The summed E-state index contributed by atoms with van der Waals surface area (Å²) in [5, 5.41) is 13.1. The molecule has 0 saturated carbocycles. The molecule has 0 aliphatic rings. The first-order chi connectivity index (χ1) is 14.0. The van der Waals surface area contributed by atoms with Gasteiger partial charge < -0.3 is 0 Å². The summed E-state index contributed by atoms with van der Waals surface area (Å²) in [6.45, 7) is 2.47. The van der Waals surface area contributed by atoms with Crippen LogP contribution in [-0.4, -0.2) is 32.9 Å². The van der Waals surface area contributed by atoms with E-state index in [4.69, 9.17) is 0 Å². The van der Waals surface area contributed by atoms with E-state index in [1.807, 2.05) is 54.8 Å². The normalized spacial score (nSPS) is 11.8. The van der Waals surface area contributed by atoms with Crippen LogP contribution in [0.3, 0.4) is 0 Å². The summed E-state index contributed by atoms with van der Waals surface area (Å²) in [6.07, 6.45) is 1.48. The van der Waals surface area contributed by atoms with Crippen LogP contribution in [0.5, 0.6) is 0 Å². The summed E-state index contributed by atoms with van der Waals surface area (Å²) in [5.74, 6) is 0. The van der Waals surface area contributed by atoms with E-state index in [0.29, 0.717) is 13.1 Å². The highest BCUT2D eigenvalue weighted by atomic mass is 32.2. The summed E-state index contributed by atoms with van der Waals surface area (Å²) in [5.41, 5.74) is 2.45. The minimum Gasteiger partial charge on any atom is -0.207 e. The zero-order chi connectivity index (χ0) is 20.3. The van der Waals surface area contributed by atoms with Crippen molar-refractivity contribution in [2.45, 2.75) is 24.9 Å². The Morgan fingerprint density at radius 1 is 1.03 bits per heavy atom. The zero-order valence-corrected chi connectivity index (χ0v) is 17.3. The average Bonchev–Trinajstić information content (AvgIpc) is 3.42. The first-order valence-electron chi connectivity index (χ1n) is 8.94. The molecule has 0 saturated heterocycles. The minimum absolute atomic E-state index is 0.249. The van der Waals surface area contributed by atoms with Gasteiger partial charge in [-0.05, 0) is 58.1 Å². The molecule has 2 aromatic carbocycles. The number of nitrogens with zero attached hydrogens (tertiary/aromatic N) is 5. The Labute approximate surface area is 173 Å². The molecule has 4 aromatic rings. The maximum Gasteiger partial charge on any atom is 0.243 e. The molecule has 0 amide bonds. The standard InChI is InChI=1S/C20H19N5O2S2/c1-16-12-19(9-10-20(16)25-15-21-22-23-25)29(26,27)24(14-18-8-5-11-28-18)13-17-6-3-2-4-7-17/h2-12,15H,13-14H2,1H3. The van der Waals surface area contributed by atoms with Gasteiger partial charge in [0, 0.05) is 18.0 Å². The van der Waals surface area contributed by atoms with Gasteiger partial charge in [0.05, 0.1) is 10.6 Å². The SMILES string of the molecule is Cc1cc(S(=O)(=O)N(Cc2ccccc2)Cc2cccs2)ccc1-n1cnnn1. The van der Waals surface area contributed by atoms with Crippen molar-refractivity contribution in [1.29, 1.82) is 0 Å². The fourth-order valence-corrected chi connectivity index (χ4v) is 5.35. The first-order valence-corrected chi connectivity index (χ1v) is 11.3. The van der Waals surface area contributed by atoms with Crippen molar-refractivity contribution >= 4 is 21.4 Å². The molecule has 0 aliphatic heterocycles. The van der Waals surface area contributed by atoms with Gasteiger partial charge >= 0.3 is 0 Å². The molecule has 0 aliphatic carbocycles. The van der Waals surface area contributed by atoms with Crippen LogP contribution in [0.4, 0.5) is 0 Å². The Kier molecular flexibility index (Phi) is 5.52. The zero-order valence-electron chi connectivity index (χ0n) is 15.7. The predicted octanol–water partition coefficient (Wildman–Crippen LogP) is 3.42. The number of tetrazole rings is 1. The van der Waals surface area contributed by atoms with Crippen molar-refractivity contribution in [2.75, 3.05) is 0 Å². The van der Waals surface area contributed by atoms with Crippen LogP contribution in [0.25, 0.3) is 5.69 Å². The fraction of sp³-hybridized carbons (Fsp3) is 0.150. The van der Waals surface area contributed by atoms with E-state index >= 15 is 0 Å². The summed E-state index contributed by atoms with van der Waals surface area (Å²) < 4.78 is 30.0. The molecule has 29 heavy (non-hydrogen) atoms. The highest BCUT2D eigenvalue weighted by Crippen LogP contribution is 2.25. The molecule has 2 aromatic heterocycles. The highest BCUT2D eigenvalue weighted by Gasteiger charge is 2.26. The van der Waals surface area contributed by atoms with Gasteiger partial charge in [-0.3, -0.25) is 0 Å². The van der Waals surface area contributed by atoms with E-state index in [1.54, 1.807) is 29.5 Å². The quantitative estimate of drug-likeness (QED) is 0.453.